The van der Waals surface area contributed by atoms with Gasteiger partial charge in [0.05, 0.1) is 11.6 Å². The van der Waals surface area contributed by atoms with Crippen LogP contribution in [-0.4, -0.2) is 0 Å². The summed E-state index contributed by atoms with van der Waals surface area (Å²) in [6.07, 6.45) is 0. The molecule has 0 unspecified atom stereocenters. The van der Waals surface area contributed by atoms with E-state index in [4.69, 9.17) is 11.0 Å². The van der Waals surface area contributed by atoms with Crippen LogP contribution in [0.5, 0.6) is 0 Å². The van der Waals surface area contributed by atoms with Crippen LogP contribution in [0, 0.1) is 25.2 Å². The van der Waals surface area contributed by atoms with Crippen LogP contribution in [0.15, 0.2) is 12.1 Å². The quantitative estimate of drug-likeness (QED) is 0.678. The molecule has 0 radical (unpaired) electrons. The molecule has 0 spiro atoms. The van der Waals surface area contributed by atoms with Gasteiger partial charge in [0, 0.05) is 6.54 Å². The molecule has 0 fully saturated rings. The molecule has 0 amide bonds. The standard InChI is InChI=1S/C10H12N2/c1-7-3-10(6-12)8(2)4-9(7)5-11/h3-4H,5,11H2,1-2H3. The zero-order valence-corrected chi connectivity index (χ0v) is 7.39. The van der Waals surface area contributed by atoms with Crippen LogP contribution in [0.25, 0.3) is 0 Å². The zero-order chi connectivity index (χ0) is 9.14. The molecule has 2 N–H and O–H groups in total. The van der Waals surface area contributed by atoms with Crippen molar-refractivity contribution in [2.45, 2.75) is 20.4 Å². The van der Waals surface area contributed by atoms with Crippen molar-refractivity contribution in [2.75, 3.05) is 0 Å². The van der Waals surface area contributed by atoms with Crippen LogP contribution >= 0.6 is 0 Å². The smallest absolute Gasteiger partial charge is 0.0994 e. The molecule has 0 aromatic heterocycles. The zero-order valence-electron chi connectivity index (χ0n) is 7.39. The summed E-state index contributed by atoms with van der Waals surface area (Å²) < 4.78 is 0. The maximum atomic E-state index is 8.73. The molecule has 0 aliphatic carbocycles. The van der Waals surface area contributed by atoms with Crippen LogP contribution in [0.2, 0.25) is 0 Å². The average Bonchev–Trinajstić information content (AvgIpc) is 2.08. The molecular formula is C10H12N2. The van der Waals surface area contributed by atoms with E-state index in [2.05, 4.69) is 6.07 Å². The van der Waals surface area contributed by atoms with Gasteiger partial charge < -0.3 is 5.73 Å². The molecule has 1 aromatic rings. The third-order valence-electron chi connectivity index (χ3n) is 2.02. The molecule has 0 atom stereocenters. The predicted octanol–water partition coefficient (Wildman–Crippen LogP) is 1.63. The van der Waals surface area contributed by atoms with Crippen molar-refractivity contribution in [3.05, 3.63) is 34.4 Å². The summed E-state index contributed by atoms with van der Waals surface area (Å²) in [5, 5.41) is 8.73. The van der Waals surface area contributed by atoms with Gasteiger partial charge in [-0.3, -0.25) is 0 Å². The van der Waals surface area contributed by atoms with Gasteiger partial charge in [-0.25, -0.2) is 0 Å². The maximum absolute atomic E-state index is 8.73. The molecule has 2 heteroatoms. The fourth-order valence-corrected chi connectivity index (χ4v) is 1.22. The molecule has 2 nitrogen and oxygen atoms in total. The molecule has 0 saturated carbocycles. The molecular weight excluding hydrogens is 148 g/mol. The van der Waals surface area contributed by atoms with E-state index in [0.29, 0.717) is 6.54 Å². The summed E-state index contributed by atoms with van der Waals surface area (Å²) >= 11 is 0. The summed E-state index contributed by atoms with van der Waals surface area (Å²) in [6.45, 7) is 4.44. The molecule has 62 valence electrons. The molecule has 0 aliphatic heterocycles. The Kier molecular flexibility index (Phi) is 2.47. The Morgan fingerprint density at radius 3 is 2.50 bits per heavy atom. The number of hydrogen-bond donors (Lipinski definition) is 1. The molecule has 12 heavy (non-hydrogen) atoms. The van der Waals surface area contributed by atoms with E-state index in [0.717, 1.165) is 22.3 Å². The molecule has 1 aromatic carbocycles. The number of aryl methyl sites for hydroxylation is 2. The van der Waals surface area contributed by atoms with E-state index >= 15 is 0 Å². The summed E-state index contributed by atoms with van der Waals surface area (Å²) in [4.78, 5) is 0. The van der Waals surface area contributed by atoms with E-state index in [1.165, 1.54) is 0 Å². The van der Waals surface area contributed by atoms with E-state index in [1.54, 1.807) is 0 Å². The van der Waals surface area contributed by atoms with Gasteiger partial charge in [-0.2, -0.15) is 5.26 Å². The first kappa shape index (κ1) is 8.76. The van der Waals surface area contributed by atoms with Crippen molar-refractivity contribution in [3.63, 3.8) is 0 Å². The predicted molar refractivity (Wildman–Crippen MR) is 48.5 cm³/mol. The number of rotatable bonds is 1. The molecule has 1 rings (SSSR count). The fraction of sp³-hybridized carbons (Fsp3) is 0.300. The van der Waals surface area contributed by atoms with Crippen molar-refractivity contribution < 1.29 is 0 Å². The lowest BCUT2D eigenvalue weighted by Gasteiger charge is -2.05. The van der Waals surface area contributed by atoms with Gasteiger partial charge in [0.25, 0.3) is 0 Å². The third kappa shape index (κ3) is 1.46. The molecule has 0 bridgehead atoms. The number of benzene rings is 1. The number of nitrogens with zero attached hydrogens (tertiary/aromatic N) is 1. The second-order valence-electron chi connectivity index (χ2n) is 2.91. The summed E-state index contributed by atoms with van der Waals surface area (Å²) in [5.41, 5.74) is 9.49. The van der Waals surface area contributed by atoms with Crippen LogP contribution in [-0.2, 0) is 6.54 Å². The van der Waals surface area contributed by atoms with E-state index < -0.39 is 0 Å². The van der Waals surface area contributed by atoms with Gasteiger partial charge in [0.2, 0.25) is 0 Å². The Hall–Kier alpha value is -1.33. The van der Waals surface area contributed by atoms with E-state index in [1.807, 2.05) is 26.0 Å². The first-order valence-electron chi connectivity index (χ1n) is 3.89. The summed E-state index contributed by atoms with van der Waals surface area (Å²) in [5.74, 6) is 0. The monoisotopic (exact) mass is 160 g/mol. The van der Waals surface area contributed by atoms with Crippen molar-refractivity contribution in [1.29, 1.82) is 5.26 Å². The van der Waals surface area contributed by atoms with E-state index in [9.17, 15) is 0 Å². The van der Waals surface area contributed by atoms with Gasteiger partial charge in [0.15, 0.2) is 0 Å². The van der Waals surface area contributed by atoms with Gasteiger partial charge in [-0.15, -0.1) is 0 Å². The highest BCUT2D eigenvalue weighted by molar-refractivity contribution is 5.43. The van der Waals surface area contributed by atoms with Crippen LogP contribution in [0.1, 0.15) is 22.3 Å². The minimum atomic E-state index is 0.540. The highest BCUT2D eigenvalue weighted by atomic mass is 14.5. The lowest BCUT2D eigenvalue weighted by molar-refractivity contribution is 1.04. The van der Waals surface area contributed by atoms with E-state index in [-0.39, 0.29) is 0 Å². The number of hydrogen-bond acceptors (Lipinski definition) is 2. The minimum absolute atomic E-state index is 0.540. The lowest BCUT2D eigenvalue weighted by atomic mass is 10.0. The Morgan fingerprint density at radius 1 is 1.33 bits per heavy atom. The van der Waals surface area contributed by atoms with Crippen molar-refractivity contribution in [3.8, 4) is 6.07 Å². The lowest BCUT2D eigenvalue weighted by Crippen LogP contribution is -2.00. The SMILES string of the molecule is Cc1cc(CN)c(C)cc1C#N. The van der Waals surface area contributed by atoms with Crippen molar-refractivity contribution in [1.82, 2.24) is 0 Å². The highest BCUT2D eigenvalue weighted by Gasteiger charge is 2.01. The second-order valence-corrected chi connectivity index (χ2v) is 2.91. The van der Waals surface area contributed by atoms with Gasteiger partial charge >= 0.3 is 0 Å². The van der Waals surface area contributed by atoms with Gasteiger partial charge in [-0.1, -0.05) is 6.07 Å². The Morgan fingerprint density at radius 2 is 2.00 bits per heavy atom. The number of nitrogens with two attached hydrogens (primary N) is 1. The Balaban J connectivity index is 3.28. The van der Waals surface area contributed by atoms with Crippen LogP contribution in [0.4, 0.5) is 0 Å². The highest BCUT2D eigenvalue weighted by Crippen LogP contribution is 2.14. The van der Waals surface area contributed by atoms with Crippen LogP contribution in [0.3, 0.4) is 0 Å². The van der Waals surface area contributed by atoms with Gasteiger partial charge in [-0.05, 0) is 36.6 Å². The normalized spacial score (nSPS) is 9.50. The van der Waals surface area contributed by atoms with Gasteiger partial charge in [0.1, 0.15) is 0 Å². The summed E-state index contributed by atoms with van der Waals surface area (Å²) in [6, 6.07) is 6.01. The Bertz CT molecular complexity index is 334. The summed E-state index contributed by atoms with van der Waals surface area (Å²) in [7, 11) is 0. The Labute approximate surface area is 72.6 Å². The fourth-order valence-electron chi connectivity index (χ4n) is 1.22. The average molecular weight is 160 g/mol. The molecule has 0 heterocycles. The number of nitriles is 1. The third-order valence-corrected chi connectivity index (χ3v) is 2.02. The topological polar surface area (TPSA) is 49.8 Å². The first-order chi connectivity index (χ1) is 5.69. The van der Waals surface area contributed by atoms with Crippen LogP contribution < -0.4 is 5.73 Å². The molecule has 0 aliphatic rings. The maximum Gasteiger partial charge on any atom is 0.0994 e. The molecule has 0 saturated heterocycles. The first-order valence-corrected chi connectivity index (χ1v) is 3.89. The largest absolute Gasteiger partial charge is 0.326 e. The minimum Gasteiger partial charge on any atom is -0.326 e. The van der Waals surface area contributed by atoms with Crippen molar-refractivity contribution >= 4 is 0 Å². The second kappa shape index (κ2) is 3.38. The van der Waals surface area contributed by atoms with Crippen molar-refractivity contribution in [2.24, 2.45) is 5.73 Å².